The minimum atomic E-state index is -0.165. The van der Waals surface area contributed by atoms with E-state index in [1.807, 2.05) is 12.1 Å². The van der Waals surface area contributed by atoms with Crippen LogP contribution in [-0.2, 0) is 6.42 Å². The van der Waals surface area contributed by atoms with Gasteiger partial charge in [-0.15, -0.1) is 0 Å². The van der Waals surface area contributed by atoms with Crippen LogP contribution in [0, 0.1) is 5.82 Å². The fourth-order valence-corrected chi connectivity index (χ4v) is 3.21. The van der Waals surface area contributed by atoms with Gasteiger partial charge in [-0.2, -0.15) is 0 Å². The van der Waals surface area contributed by atoms with Crippen molar-refractivity contribution in [2.24, 2.45) is 0 Å². The summed E-state index contributed by atoms with van der Waals surface area (Å²) in [4.78, 5) is 0. The van der Waals surface area contributed by atoms with Crippen LogP contribution in [0.15, 0.2) is 48.5 Å². The third-order valence-electron chi connectivity index (χ3n) is 4.39. The molecule has 0 saturated heterocycles. The van der Waals surface area contributed by atoms with Gasteiger partial charge in [-0.1, -0.05) is 43.3 Å². The van der Waals surface area contributed by atoms with Gasteiger partial charge in [0.15, 0.2) is 0 Å². The Morgan fingerprint density at radius 1 is 1.14 bits per heavy atom. The monoisotopic (exact) mass is 283 g/mol. The van der Waals surface area contributed by atoms with Gasteiger partial charge in [0.05, 0.1) is 0 Å². The summed E-state index contributed by atoms with van der Waals surface area (Å²) < 4.78 is 13.1. The first kappa shape index (κ1) is 14.3. The minimum absolute atomic E-state index is 0.165. The number of nitrogens with one attached hydrogen (secondary N) is 1. The van der Waals surface area contributed by atoms with E-state index in [4.69, 9.17) is 0 Å². The summed E-state index contributed by atoms with van der Waals surface area (Å²) in [5, 5.41) is 3.61. The lowest BCUT2D eigenvalue weighted by atomic mass is 9.74. The van der Waals surface area contributed by atoms with Gasteiger partial charge in [0.2, 0.25) is 0 Å². The van der Waals surface area contributed by atoms with E-state index < -0.39 is 0 Å². The lowest BCUT2D eigenvalue weighted by Crippen LogP contribution is -2.27. The predicted octanol–water partition coefficient (Wildman–Crippen LogP) is 4.60. The Hall–Kier alpha value is -1.67. The van der Waals surface area contributed by atoms with Crippen LogP contribution in [0.4, 0.5) is 4.39 Å². The van der Waals surface area contributed by atoms with Crippen molar-refractivity contribution in [3.05, 3.63) is 71.0 Å². The smallest absolute Gasteiger partial charge is 0.123 e. The van der Waals surface area contributed by atoms with E-state index in [-0.39, 0.29) is 5.82 Å². The summed E-state index contributed by atoms with van der Waals surface area (Å²) in [7, 11) is 0. The fraction of sp³-hybridized carbons (Fsp3) is 0.368. The third-order valence-corrected chi connectivity index (χ3v) is 4.39. The van der Waals surface area contributed by atoms with Crippen molar-refractivity contribution in [3.8, 4) is 0 Å². The Bertz CT molecular complexity index is 591. The van der Waals surface area contributed by atoms with Crippen LogP contribution in [0.5, 0.6) is 0 Å². The topological polar surface area (TPSA) is 12.0 Å². The number of hydrogen-bond donors (Lipinski definition) is 1. The quantitative estimate of drug-likeness (QED) is 0.817. The molecule has 1 aliphatic carbocycles. The largest absolute Gasteiger partial charge is 0.310 e. The van der Waals surface area contributed by atoms with Crippen molar-refractivity contribution in [2.75, 3.05) is 6.54 Å². The molecule has 110 valence electrons. The highest BCUT2D eigenvalue weighted by Gasteiger charge is 2.28. The molecule has 2 atom stereocenters. The molecule has 1 aliphatic rings. The van der Waals surface area contributed by atoms with Crippen LogP contribution in [0.3, 0.4) is 0 Å². The van der Waals surface area contributed by atoms with E-state index >= 15 is 0 Å². The summed E-state index contributed by atoms with van der Waals surface area (Å²) in [5.74, 6) is 0.461. The van der Waals surface area contributed by atoms with Crippen LogP contribution in [-0.4, -0.2) is 6.54 Å². The predicted molar refractivity (Wildman–Crippen MR) is 84.9 cm³/mol. The van der Waals surface area contributed by atoms with Crippen LogP contribution in [0.2, 0.25) is 0 Å². The Kier molecular flexibility index (Phi) is 4.35. The molecule has 2 aromatic carbocycles. The van der Waals surface area contributed by atoms with Crippen molar-refractivity contribution in [3.63, 3.8) is 0 Å². The van der Waals surface area contributed by atoms with Crippen LogP contribution >= 0.6 is 0 Å². The Morgan fingerprint density at radius 3 is 2.62 bits per heavy atom. The summed E-state index contributed by atoms with van der Waals surface area (Å²) >= 11 is 0. The second-order valence-corrected chi connectivity index (χ2v) is 5.89. The fourth-order valence-electron chi connectivity index (χ4n) is 3.21. The molecule has 0 saturated carbocycles. The number of halogens is 1. The van der Waals surface area contributed by atoms with Gasteiger partial charge in [0, 0.05) is 6.04 Å². The number of rotatable bonds is 6. The average Bonchev–Trinajstić information content (AvgIpc) is 2.49. The second-order valence-electron chi connectivity index (χ2n) is 5.89. The van der Waals surface area contributed by atoms with Gasteiger partial charge < -0.3 is 5.32 Å². The molecular weight excluding hydrogens is 261 g/mol. The Labute approximate surface area is 126 Å². The normalized spacial score (nSPS) is 17.9. The molecule has 0 radical (unpaired) electrons. The van der Waals surface area contributed by atoms with E-state index in [1.165, 1.54) is 23.1 Å². The highest BCUT2D eigenvalue weighted by molar-refractivity contribution is 5.40. The molecule has 0 aromatic heterocycles. The third kappa shape index (κ3) is 3.16. The molecule has 2 unspecified atom stereocenters. The Balaban J connectivity index is 1.73. The maximum atomic E-state index is 13.1. The molecule has 3 rings (SSSR count). The van der Waals surface area contributed by atoms with Crippen molar-refractivity contribution in [1.29, 1.82) is 0 Å². The SMILES string of the molecule is CCCNC(CC1Cc2ccccc21)c1ccc(F)cc1. The van der Waals surface area contributed by atoms with E-state index in [0.29, 0.717) is 12.0 Å². The lowest BCUT2D eigenvalue weighted by molar-refractivity contribution is 0.428. The van der Waals surface area contributed by atoms with Gasteiger partial charge in [-0.3, -0.25) is 0 Å². The summed E-state index contributed by atoms with van der Waals surface area (Å²) in [6, 6.07) is 15.9. The first-order valence-corrected chi connectivity index (χ1v) is 7.84. The molecule has 0 heterocycles. The van der Waals surface area contributed by atoms with E-state index in [9.17, 15) is 4.39 Å². The van der Waals surface area contributed by atoms with Crippen molar-refractivity contribution in [1.82, 2.24) is 5.32 Å². The number of fused-ring (bicyclic) bond motifs is 1. The molecule has 2 aromatic rings. The van der Waals surface area contributed by atoms with E-state index in [1.54, 1.807) is 12.1 Å². The van der Waals surface area contributed by atoms with Gasteiger partial charge in [-0.25, -0.2) is 4.39 Å². The average molecular weight is 283 g/mol. The molecule has 0 spiro atoms. The highest BCUT2D eigenvalue weighted by Crippen LogP contribution is 2.40. The molecule has 0 aliphatic heterocycles. The summed E-state index contributed by atoms with van der Waals surface area (Å²) in [6.07, 6.45) is 3.36. The molecule has 0 fully saturated rings. The van der Waals surface area contributed by atoms with Gasteiger partial charge >= 0.3 is 0 Å². The molecular formula is C19H22FN. The van der Waals surface area contributed by atoms with Crippen LogP contribution < -0.4 is 5.32 Å². The first-order valence-electron chi connectivity index (χ1n) is 7.84. The summed E-state index contributed by atoms with van der Waals surface area (Å²) in [6.45, 7) is 3.17. The molecule has 1 N–H and O–H groups in total. The molecule has 0 bridgehead atoms. The summed E-state index contributed by atoms with van der Waals surface area (Å²) in [5.41, 5.74) is 4.16. The number of benzene rings is 2. The maximum absolute atomic E-state index is 13.1. The molecule has 2 heteroatoms. The minimum Gasteiger partial charge on any atom is -0.310 e. The molecule has 21 heavy (non-hydrogen) atoms. The lowest BCUT2D eigenvalue weighted by Gasteiger charge is -2.33. The van der Waals surface area contributed by atoms with E-state index in [2.05, 4.69) is 36.5 Å². The van der Waals surface area contributed by atoms with Crippen LogP contribution in [0.25, 0.3) is 0 Å². The second kappa shape index (κ2) is 6.40. The zero-order valence-electron chi connectivity index (χ0n) is 12.5. The first-order chi connectivity index (χ1) is 10.3. The Morgan fingerprint density at radius 2 is 1.90 bits per heavy atom. The zero-order valence-corrected chi connectivity index (χ0v) is 12.5. The number of hydrogen-bond acceptors (Lipinski definition) is 1. The zero-order chi connectivity index (χ0) is 14.7. The molecule has 0 amide bonds. The van der Waals surface area contributed by atoms with Crippen molar-refractivity contribution in [2.45, 2.75) is 38.1 Å². The van der Waals surface area contributed by atoms with Crippen molar-refractivity contribution < 1.29 is 4.39 Å². The van der Waals surface area contributed by atoms with E-state index in [0.717, 1.165) is 19.4 Å². The van der Waals surface area contributed by atoms with Gasteiger partial charge in [0.1, 0.15) is 5.82 Å². The van der Waals surface area contributed by atoms with Crippen molar-refractivity contribution >= 4 is 0 Å². The highest BCUT2D eigenvalue weighted by atomic mass is 19.1. The van der Waals surface area contributed by atoms with Gasteiger partial charge in [0.25, 0.3) is 0 Å². The van der Waals surface area contributed by atoms with Crippen LogP contribution in [0.1, 0.15) is 48.4 Å². The molecule has 1 nitrogen and oxygen atoms in total. The standard InChI is InChI=1S/C19H22FN/c1-2-11-21-19(14-7-9-17(20)10-8-14)13-16-12-15-5-3-4-6-18(15)16/h3-10,16,19,21H,2,11-13H2,1H3. The van der Waals surface area contributed by atoms with Gasteiger partial charge in [-0.05, 0) is 60.5 Å². The maximum Gasteiger partial charge on any atom is 0.123 e.